The summed E-state index contributed by atoms with van der Waals surface area (Å²) in [6.07, 6.45) is 0.523. The van der Waals surface area contributed by atoms with Gasteiger partial charge >= 0.3 is 0 Å². The van der Waals surface area contributed by atoms with E-state index in [1.807, 2.05) is 26.0 Å². The molecule has 0 fully saturated rings. The third-order valence-electron chi connectivity index (χ3n) is 3.79. The summed E-state index contributed by atoms with van der Waals surface area (Å²) in [7, 11) is 0. The van der Waals surface area contributed by atoms with E-state index >= 15 is 0 Å². The first-order valence-electron chi connectivity index (χ1n) is 7.53. The van der Waals surface area contributed by atoms with E-state index in [0.29, 0.717) is 41.6 Å². The number of hydrogen-bond acceptors (Lipinski definition) is 5. The van der Waals surface area contributed by atoms with Crippen molar-refractivity contribution in [1.29, 1.82) is 0 Å². The van der Waals surface area contributed by atoms with Gasteiger partial charge in [0.2, 0.25) is 5.89 Å². The summed E-state index contributed by atoms with van der Waals surface area (Å²) < 4.78 is 6.48. The van der Waals surface area contributed by atoms with E-state index in [2.05, 4.69) is 31.1 Å². The molecule has 24 heavy (non-hydrogen) atoms. The number of aryl methyl sites for hydroxylation is 1. The maximum absolute atomic E-state index is 12.9. The molecule has 124 valence electrons. The highest BCUT2D eigenvalue weighted by molar-refractivity contribution is 9.10. The van der Waals surface area contributed by atoms with Crippen LogP contribution in [-0.2, 0) is 6.42 Å². The molecular formula is C17H17BrN4O2. The molecule has 0 aliphatic rings. The van der Waals surface area contributed by atoms with Crippen LogP contribution in [0.1, 0.15) is 33.1 Å². The monoisotopic (exact) mass is 388 g/mol. The number of aromatic nitrogens is 3. The maximum atomic E-state index is 12.9. The SMILES string of the molecule is Cc1[nH]c(-c2nnc(CCN)o2)c(C)c1C(=O)c1cccc(Br)c1. The van der Waals surface area contributed by atoms with Crippen molar-refractivity contribution in [3.05, 3.63) is 57.0 Å². The van der Waals surface area contributed by atoms with Gasteiger partial charge in [-0.05, 0) is 31.5 Å². The number of carbonyl (C=O) groups excluding carboxylic acids is 1. The Balaban J connectivity index is 2.01. The van der Waals surface area contributed by atoms with Gasteiger partial charge in [0.05, 0.1) is 0 Å². The highest BCUT2D eigenvalue weighted by Crippen LogP contribution is 2.29. The van der Waals surface area contributed by atoms with Crippen LogP contribution in [0, 0.1) is 13.8 Å². The molecule has 3 rings (SSSR count). The lowest BCUT2D eigenvalue weighted by atomic mass is 10.00. The number of nitrogens with one attached hydrogen (secondary N) is 1. The van der Waals surface area contributed by atoms with Crippen molar-refractivity contribution < 1.29 is 9.21 Å². The molecule has 0 amide bonds. The van der Waals surface area contributed by atoms with Crippen LogP contribution in [0.15, 0.2) is 33.2 Å². The van der Waals surface area contributed by atoms with E-state index in [9.17, 15) is 4.79 Å². The maximum Gasteiger partial charge on any atom is 0.264 e. The predicted molar refractivity (Wildman–Crippen MR) is 93.9 cm³/mol. The van der Waals surface area contributed by atoms with Gasteiger partial charge in [0.15, 0.2) is 5.78 Å². The number of carbonyl (C=O) groups is 1. The topological polar surface area (TPSA) is 97.8 Å². The predicted octanol–water partition coefficient (Wildman–Crippen LogP) is 3.18. The van der Waals surface area contributed by atoms with Crippen LogP contribution in [0.2, 0.25) is 0 Å². The first-order valence-corrected chi connectivity index (χ1v) is 8.32. The molecule has 1 aromatic carbocycles. The Bertz CT molecular complexity index is 898. The first-order chi connectivity index (χ1) is 11.5. The van der Waals surface area contributed by atoms with Crippen LogP contribution >= 0.6 is 15.9 Å². The Hall–Kier alpha value is -2.25. The van der Waals surface area contributed by atoms with E-state index in [4.69, 9.17) is 10.2 Å². The molecule has 0 saturated heterocycles. The third-order valence-corrected chi connectivity index (χ3v) is 4.28. The van der Waals surface area contributed by atoms with Crippen LogP contribution in [0.5, 0.6) is 0 Å². The standard InChI is InChI=1S/C17H17BrN4O2/c1-9-14(16(23)11-4-3-5-12(18)8-11)10(2)20-15(9)17-22-21-13(24-17)6-7-19/h3-5,8,20H,6-7,19H2,1-2H3. The smallest absolute Gasteiger partial charge is 0.264 e. The largest absolute Gasteiger partial charge is 0.419 e. The second-order valence-corrected chi connectivity index (χ2v) is 6.42. The number of hydrogen-bond donors (Lipinski definition) is 2. The fourth-order valence-electron chi connectivity index (χ4n) is 2.66. The van der Waals surface area contributed by atoms with Crippen LogP contribution in [0.4, 0.5) is 0 Å². The van der Waals surface area contributed by atoms with Crippen molar-refractivity contribution in [3.63, 3.8) is 0 Å². The summed E-state index contributed by atoms with van der Waals surface area (Å²) in [5.74, 6) is 0.807. The molecular weight excluding hydrogens is 372 g/mol. The van der Waals surface area contributed by atoms with Crippen molar-refractivity contribution in [2.75, 3.05) is 6.54 Å². The number of halogens is 1. The fraction of sp³-hybridized carbons (Fsp3) is 0.235. The van der Waals surface area contributed by atoms with Gasteiger partial charge in [0.1, 0.15) is 5.69 Å². The van der Waals surface area contributed by atoms with Crippen molar-refractivity contribution in [1.82, 2.24) is 15.2 Å². The minimum atomic E-state index is -0.0458. The Labute approximate surface area is 147 Å². The lowest BCUT2D eigenvalue weighted by Gasteiger charge is -2.03. The highest BCUT2D eigenvalue weighted by Gasteiger charge is 2.23. The van der Waals surface area contributed by atoms with Gasteiger partial charge in [-0.15, -0.1) is 10.2 Å². The second kappa shape index (κ2) is 6.70. The number of nitrogens with two attached hydrogens (primary N) is 1. The molecule has 6 nitrogen and oxygen atoms in total. The van der Waals surface area contributed by atoms with E-state index in [1.54, 1.807) is 12.1 Å². The summed E-state index contributed by atoms with van der Waals surface area (Å²) in [5.41, 5.74) is 8.98. The minimum absolute atomic E-state index is 0.0458. The quantitative estimate of drug-likeness (QED) is 0.654. The number of benzene rings is 1. The Morgan fingerprint density at radius 2 is 2.12 bits per heavy atom. The summed E-state index contributed by atoms with van der Waals surface area (Å²) >= 11 is 3.40. The van der Waals surface area contributed by atoms with Crippen molar-refractivity contribution in [3.8, 4) is 11.6 Å². The zero-order valence-corrected chi connectivity index (χ0v) is 15.0. The van der Waals surface area contributed by atoms with Crippen LogP contribution < -0.4 is 5.73 Å². The van der Waals surface area contributed by atoms with E-state index in [0.717, 1.165) is 15.7 Å². The molecule has 0 aliphatic carbocycles. The number of H-pyrrole nitrogens is 1. The Morgan fingerprint density at radius 3 is 2.83 bits per heavy atom. The van der Waals surface area contributed by atoms with E-state index in [1.165, 1.54) is 0 Å². The fourth-order valence-corrected chi connectivity index (χ4v) is 3.06. The van der Waals surface area contributed by atoms with Crippen molar-refractivity contribution >= 4 is 21.7 Å². The van der Waals surface area contributed by atoms with Crippen LogP contribution in [-0.4, -0.2) is 27.5 Å². The first kappa shape index (κ1) is 16.6. The van der Waals surface area contributed by atoms with Crippen molar-refractivity contribution in [2.24, 2.45) is 5.73 Å². The van der Waals surface area contributed by atoms with Crippen molar-refractivity contribution in [2.45, 2.75) is 20.3 Å². The van der Waals surface area contributed by atoms with Crippen LogP contribution in [0.25, 0.3) is 11.6 Å². The lowest BCUT2D eigenvalue weighted by Crippen LogP contribution is -2.03. The van der Waals surface area contributed by atoms with Crippen LogP contribution in [0.3, 0.4) is 0 Å². The zero-order chi connectivity index (χ0) is 17.3. The number of ketones is 1. The molecule has 0 bridgehead atoms. The number of rotatable bonds is 5. The molecule has 0 spiro atoms. The zero-order valence-electron chi connectivity index (χ0n) is 13.4. The molecule has 0 aliphatic heterocycles. The average molecular weight is 389 g/mol. The van der Waals surface area contributed by atoms with Gasteiger partial charge in [-0.1, -0.05) is 28.1 Å². The molecule has 7 heteroatoms. The Morgan fingerprint density at radius 1 is 1.33 bits per heavy atom. The number of nitrogens with zero attached hydrogens (tertiary/aromatic N) is 2. The van der Waals surface area contributed by atoms with Gasteiger partial charge in [-0.2, -0.15) is 0 Å². The average Bonchev–Trinajstić information content (AvgIpc) is 3.12. The molecule has 2 aromatic heterocycles. The van der Waals surface area contributed by atoms with Gasteiger partial charge < -0.3 is 15.1 Å². The van der Waals surface area contributed by atoms with Gasteiger partial charge in [-0.25, -0.2) is 0 Å². The molecule has 0 atom stereocenters. The molecule has 3 N–H and O–H groups in total. The summed E-state index contributed by atoms with van der Waals surface area (Å²) in [6, 6.07) is 7.33. The molecule has 0 unspecified atom stereocenters. The highest BCUT2D eigenvalue weighted by atomic mass is 79.9. The summed E-state index contributed by atoms with van der Waals surface area (Å²) in [6.45, 7) is 4.17. The number of aromatic amines is 1. The normalized spacial score (nSPS) is 11.0. The van der Waals surface area contributed by atoms with Gasteiger partial charge in [0, 0.05) is 34.3 Å². The lowest BCUT2D eigenvalue weighted by molar-refractivity contribution is 0.103. The molecule has 2 heterocycles. The van der Waals surface area contributed by atoms with Gasteiger partial charge in [0.25, 0.3) is 5.89 Å². The molecule has 0 saturated carbocycles. The summed E-state index contributed by atoms with van der Waals surface area (Å²) in [5, 5.41) is 8.01. The van der Waals surface area contributed by atoms with Gasteiger partial charge in [-0.3, -0.25) is 4.79 Å². The Kier molecular flexibility index (Phi) is 4.64. The molecule has 0 radical (unpaired) electrons. The van der Waals surface area contributed by atoms with E-state index < -0.39 is 0 Å². The summed E-state index contributed by atoms with van der Waals surface area (Å²) in [4.78, 5) is 16.1. The second-order valence-electron chi connectivity index (χ2n) is 5.50. The van der Waals surface area contributed by atoms with E-state index in [-0.39, 0.29) is 5.78 Å². The third kappa shape index (κ3) is 3.05. The molecule has 3 aromatic rings. The minimum Gasteiger partial charge on any atom is -0.419 e.